The molecule has 2 amide bonds. The molecule has 1 saturated heterocycles. The third-order valence-electron chi connectivity index (χ3n) is 5.95. The number of hydrogen-bond acceptors (Lipinski definition) is 13. The van der Waals surface area contributed by atoms with Crippen LogP contribution >= 0.6 is 7.82 Å². The molecule has 1 unspecified atom stereocenters. The van der Waals surface area contributed by atoms with E-state index in [1.807, 2.05) is 0 Å². The Labute approximate surface area is 217 Å². The minimum atomic E-state index is -4.11. The van der Waals surface area contributed by atoms with Crippen molar-refractivity contribution < 1.29 is 42.7 Å². The Morgan fingerprint density at radius 1 is 1.29 bits per heavy atom. The molecule has 2 aliphatic heterocycles. The number of primary amides is 1. The van der Waals surface area contributed by atoms with Gasteiger partial charge in [-0.25, -0.2) is 14.2 Å². The lowest BCUT2D eigenvalue weighted by molar-refractivity contribution is -0.117. The van der Waals surface area contributed by atoms with Gasteiger partial charge < -0.3 is 42.0 Å². The number of nitrogens with zero attached hydrogens (tertiary/aromatic N) is 3. The maximum absolute atomic E-state index is 13.0. The molecule has 0 spiro atoms. The summed E-state index contributed by atoms with van der Waals surface area (Å²) in [6.45, 7) is -0.0758. The van der Waals surface area contributed by atoms with E-state index in [0.717, 1.165) is 23.9 Å². The number of carbonyl (C=O) groups is 2. The summed E-state index contributed by atoms with van der Waals surface area (Å²) in [5, 5.41) is 27.2. The average Bonchev–Trinajstić information content (AvgIpc) is 3.48. The predicted molar refractivity (Wildman–Crippen MR) is 129 cm³/mol. The molecule has 4 rings (SSSR count). The Balaban J connectivity index is 1.32. The van der Waals surface area contributed by atoms with Gasteiger partial charge in [-0.15, -0.1) is 5.10 Å². The van der Waals surface area contributed by atoms with E-state index in [4.69, 9.17) is 35.5 Å². The second-order valence-electron chi connectivity index (χ2n) is 8.77. The van der Waals surface area contributed by atoms with Crippen LogP contribution in [0.5, 0.6) is 5.75 Å². The van der Waals surface area contributed by atoms with Crippen LogP contribution in [0.15, 0.2) is 24.5 Å². The fourth-order valence-corrected chi connectivity index (χ4v) is 5.08. The van der Waals surface area contributed by atoms with E-state index in [9.17, 15) is 24.4 Å². The zero-order valence-electron chi connectivity index (χ0n) is 20.2. The predicted octanol–water partition coefficient (Wildman–Crippen LogP) is -0.875. The Kier molecular flexibility index (Phi) is 8.74. The molecule has 3 heterocycles. The first-order valence-corrected chi connectivity index (χ1v) is 13.3. The van der Waals surface area contributed by atoms with Crippen LogP contribution in [0, 0.1) is 0 Å². The number of hydrogen-bond donors (Lipinski definition) is 6. The molecule has 16 nitrogen and oxygen atoms in total. The number of ether oxygens (including phenoxy) is 1. The number of aliphatic hydroxyl groups is 2. The van der Waals surface area contributed by atoms with Gasteiger partial charge in [-0.3, -0.25) is 18.6 Å². The Bertz CT molecular complexity index is 1210. The zero-order chi connectivity index (χ0) is 27.4. The largest absolute Gasteiger partial charge is 0.530 e. The van der Waals surface area contributed by atoms with E-state index in [1.54, 1.807) is 12.1 Å². The van der Waals surface area contributed by atoms with Crippen LogP contribution in [-0.4, -0.2) is 74.3 Å². The number of fused-ring (bicyclic) bond motifs is 1. The van der Waals surface area contributed by atoms with E-state index in [0.29, 0.717) is 24.2 Å². The summed E-state index contributed by atoms with van der Waals surface area (Å²) in [5.41, 5.74) is 17.5. The maximum Gasteiger partial charge on any atom is 0.530 e. The van der Waals surface area contributed by atoms with Gasteiger partial charge in [0.15, 0.2) is 6.23 Å². The Hall–Kier alpha value is -2.95. The number of anilines is 1. The van der Waals surface area contributed by atoms with Crippen LogP contribution in [0.1, 0.15) is 41.7 Å². The van der Waals surface area contributed by atoms with Crippen molar-refractivity contribution >= 4 is 25.3 Å². The fourth-order valence-electron chi connectivity index (χ4n) is 3.85. The standard InChI is InChI=1S/C21H30N7O9P/c22-6-2-1-3-13(23)20(32)26-12-4-5-14-11(7-12)8-34-38(33,37-14)35-9-15-16(29)17(30)21(36-15)28-10-25-19(27-28)18(24)31/h4-5,7,10,13,15-17,21,29-30H,1-3,6,8-9,22-23H2,(H2,24,31)(H,26,32)/t13-,15+,16+,17+,21+,38?/m0/s1. The molecule has 208 valence electrons. The highest BCUT2D eigenvalue weighted by Gasteiger charge is 2.46. The molecule has 0 radical (unpaired) electrons. The number of rotatable bonds is 11. The van der Waals surface area contributed by atoms with Crippen LogP contribution in [0.4, 0.5) is 5.69 Å². The number of carbonyl (C=O) groups excluding carboxylic acids is 2. The number of amides is 2. The summed E-state index contributed by atoms with van der Waals surface area (Å²) in [7, 11) is -4.11. The van der Waals surface area contributed by atoms with Crippen molar-refractivity contribution in [2.45, 2.75) is 56.5 Å². The second kappa shape index (κ2) is 11.8. The highest BCUT2D eigenvalue weighted by Crippen LogP contribution is 2.55. The van der Waals surface area contributed by atoms with Crippen molar-refractivity contribution in [1.29, 1.82) is 0 Å². The number of unbranched alkanes of at least 4 members (excludes halogenated alkanes) is 1. The molecule has 6 atom stereocenters. The van der Waals surface area contributed by atoms with Crippen LogP contribution in [0.3, 0.4) is 0 Å². The number of phosphoric ester groups is 1. The SMILES string of the molecule is NCCCC[C@H](N)C(=O)Nc1ccc2c(c1)COP(=O)(OC[C@H]1O[C@@H](n3cnc(C(N)=O)n3)[C@H](O)[C@@H]1O)O2. The molecular formula is C21H30N7O9P. The van der Waals surface area contributed by atoms with Crippen molar-refractivity contribution in [2.24, 2.45) is 17.2 Å². The minimum absolute atomic E-state index is 0.146. The lowest BCUT2D eigenvalue weighted by Gasteiger charge is -2.26. The average molecular weight is 555 g/mol. The first-order valence-electron chi connectivity index (χ1n) is 11.8. The fraction of sp³-hybridized carbons (Fsp3) is 0.524. The molecule has 17 heteroatoms. The van der Waals surface area contributed by atoms with Gasteiger partial charge in [0, 0.05) is 11.3 Å². The van der Waals surface area contributed by atoms with Gasteiger partial charge in [0.1, 0.15) is 30.4 Å². The normalized spacial score (nSPS) is 27.4. The van der Waals surface area contributed by atoms with Gasteiger partial charge in [0.25, 0.3) is 5.91 Å². The molecule has 1 aromatic carbocycles. The Morgan fingerprint density at radius 3 is 2.79 bits per heavy atom. The van der Waals surface area contributed by atoms with Gasteiger partial charge in [-0.2, -0.15) is 0 Å². The molecule has 1 fully saturated rings. The summed E-state index contributed by atoms with van der Waals surface area (Å²) < 4.78 is 35.7. The monoisotopic (exact) mass is 555 g/mol. The van der Waals surface area contributed by atoms with Crippen molar-refractivity contribution in [1.82, 2.24) is 14.8 Å². The molecule has 0 aliphatic carbocycles. The number of nitrogens with two attached hydrogens (primary N) is 3. The molecule has 9 N–H and O–H groups in total. The summed E-state index contributed by atoms with van der Waals surface area (Å²) in [5.74, 6) is -1.30. The topological polar surface area (TPSA) is 249 Å². The Morgan fingerprint density at radius 2 is 2.08 bits per heavy atom. The lowest BCUT2D eigenvalue weighted by atomic mass is 10.1. The molecule has 38 heavy (non-hydrogen) atoms. The summed E-state index contributed by atoms with van der Waals surface area (Å²) in [6, 6.07) is 3.99. The van der Waals surface area contributed by atoms with Gasteiger partial charge in [-0.05, 0) is 37.6 Å². The van der Waals surface area contributed by atoms with Crippen LogP contribution < -0.4 is 27.0 Å². The second-order valence-corrected chi connectivity index (χ2v) is 10.4. The summed E-state index contributed by atoms with van der Waals surface area (Å²) in [6.07, 6.45) is -2.10. The van der Waals surface area contributed by atoms with Crippen molar-refractivity contribution in [3.8, 4) is 5.75 Å². The summed E-state index contributed by atoms with van der Waals surface area (Å²) in [4.78, 5) is 27.2. The quantitative estimate of drug-likeness (QED) is 0.146. The smallest absolute Gasteiger partial charge is 0.404 e. The van der Waals surface area contributed by atoms with E-state index in [1.165, 1.54) is 6.07 Å². The van der Waals surface area contributed by atoms with Crippen molar-refractivity contribution in [2.75, 3.05) is 18.5 Å². The third kappa shape index (κ3) is 6.36. The van der Waals surface area contributed by atoms with E-state index < -0.39 is 50.9 Å². The number of benzene rings is 1. The van der Waals surface area contributed by atoms with Gasteiger partial charge >= 0.3 is 7.82 Å². The molecule has 0 saturated carbocycles. The maximum atomic E-state index is 13.0. The minimum Gasteiger partial charge on any atom is -0.404 e. The van der Waals surface area contributed by atoms with Gasteiger partial charge in [0.05, 0.1) is 19.3 Å². The third-order valence-corrected chi connectivity index (χ3v) is 7.28. The number of nitrogens with one attached hydrogen (secondary N) is 1. The van der Waals surface area contributed by atoms with Gasteiger partial charge in [0.2, 0.25) is 11.7 Å². The molecule has 2 aromatic rings. The lowest BCUT2D eigenvalue weighted by Crippen LogP contribution is -2.35. The molecular weight excluding hydrogens is 525 g/mol. The first-order chi connectivity index (χ1) is 18.1. The van der Waals surface area contributed by atoms with Crippen molar-refractivity contribution in [3.05, 3.63) is 35.9 Å². The van der Waals surface area contributed by atoms with E-state index >= 15 is 0 Å². The number of phosphoric acid groups is 1. The number of aliphatic hydroxyl groups excluding tert-OH is 2. The van der Waals surface area contributed by atoms with Crippen LogP contribution in [0.2, 0.25) is 0 Å². The van der Waals surface area contributed by atoms with Crippen molar-refractivity contribution in [3.63, 3.8) is 0 Å². The van der Waals surface area contributed by atoms with E-state index in [-0.39, 0.29) is 24.1 Å². The molecule has 2 aliphatic rings. The highest BCUT2D eigenvalue weighted by molar-refractivity contribution is 7.49. The first kappa shape index (κ1) is 28.1. The van der Waals surface area contributed by atoms with Gasteiger partial charge in [-0.1, -0.05) is 6.42 Å². The zero-order valence-corrected chi connectivity index (χ0v) is 21.1. The summed E-state index contributed by atoms with van der Waals surface area (Å²) >= 11 is 0. The highest BCUT2D eigenvalue weighted by atomic mass is 31.2. The molecule has 1 aromatic heterocycles. The van der Waals surface area contributed by atoms with E-state index in [2.05, 4.69) is 15.4 Å². The molecule has 0 bridgehead atoms. The van der Waals surface area contributed by atoms with Crippen LogP contribution in [-0.2, 0) is 29.8 Å². The van der Waals surface area contributed by atoms with Crippen LogP contribution in [0.25, 0.3) is 0 Å². The number of aromatic nitrogens is 3.